The third-order valence-corrected chi connectivity index (χ3v) is 3.33. The van der Waals surface area contributed by atoms with Crippen LogP contribution in [0.5, 0.6) is 5.75 Å². The van der Waals surface area contributed by atoms with Crippen molar-refractivity contribution in [2.45, 2.75) is 12.3 Å². The first-order valence-corrected chi connectivity index (χ1v) is 7.46. The molecule has 0 aliphatic carbocycles. The number of hydrogen-bond acceptors (Lipinski definition) is 3. The monoisotopic (exact) mass is 481 g/mol. The molecule has 9 heteroatoms. The van der Waals surface area contributed by atoms with Gasteiger partial charge in [-0.05, 0) is 29.8 Å². The average molecular weight is 481 g/mol. The van der Waals surface area contributed by atoms with Gasteiger partial charge in [0, 0.05) is 11.6 Å². The van der Waals surface area contributed by atoms with Crippen LogP contribution in [0.2, 0.25) is 0 Å². The van der Waals surface area contributed by atoms with Crippen LogP contribution in [0.4, 0.5) is 18.9 Å². The number of nitrogens with two attached hydrogens (primary N) is 1. The zero-order valence-electron chi connectivity index (χ0n) is 13.6. The standard InChI is InChI=1S/C17H18F3N3O2.HI/c18-17(19,20)25-15-8-6-14(7-9-15)23-16(21)22-10-13(11-24)12-4-2-1-3-5-12;/h1-9,13,24H,10-11H2,(H3,21,22,23);1H. The molecule has 26 heavy (non-hydrogen) atoms. The van der Waals surface area contributed by atoms with E-state index in [4.69, 9.17) is 5.73 Å². The fourth-order valence-electron chi connectivity index (χ4n) is 2.13. The number of aliphatic hydroxyl groups is 1. The molecule has 0 spiro atoms. The molecule has 2 aromatic carbocycles. The lowest BCUT2D eigenvalue weighted by molar-refractivity contribution is -0.274. The lowest BCUT2D eigenvalue weighted by Gasteiger charge is -2.13. The van der Waals surface area contributed by atoms with E-state index in [1.807, 2.05) is 30.3 Å². The quantitative estimate of drug-likeness (QED) is 0.334. The van der Waals surface area contributed by atoms with Crippen LogP contribution in [-0.4, -0.2) is 30.6 Å². The maximum atomic E-state index is 12.1. The first-order valence-electron chi connectivity index (χ1n) is 7.46. The fourth-order valence-corrected chi connectivity index (χ4v) is 2.13. The highest BCUT2D eigenvalue weighted by molar-refractivity contribution is 14.0. The fraction of sp³-hybridized carbons (Fsp3) is 0.235. The number of anilines is 1. The predicted octanol–water partition coefficient (Wildman–Crippen LogP) is 3.71. The number of alkyl halides is 3. The van der Waals surface area contributed by atoms with Gasteiger partial charge in [-0.3, -0.25) is 4.99 Å². The Hall–Kier alpha value is -2.01. The summed E-state index contributed by atoms with van der Waals surface area (Å²) in [4.78, 5) is 4.16. The molecule has 0 radical (unpaired) electrons. The smallest absolute Gasteiger partial charge is 0.406 e. The van der Waals surface area contributed by atoms with Crippen molar-refractivity contribution in [2.24, 2.45) is 10.7 Å². The zero-order chi connectivity index (χ0) is 18.3. The molecule has 0 aliphatic rings. The zero-order valence-corrected chi connectivity index (χ0v) is 15.9. The van der Waals surface area contributed by atoms with Gasteiger partial charge >= 0.3 is 6.36 Å². The molecule has 0 heterocycles. The summed E-state index contributed by atoms with van der Waals surface area (Å²) in [5, 5.41) is 12.2. The predicted molar refractivity (Wildman–Crippen MR) is 105 cm³/mol. The molecule has 0 aromatic heterocycles. The second kappa shape index (κ2) is 10.2. The summed E-state index contributed by atoms with van der Waals surface area (Å²) in [6.45, 7) is 0.193. The summed E-state index contributed by atoms with van der Waals surface area (Å²) in [5.41, 5.74) is 7.18. The molecule has 0 saturated heterocycles. The van der Waals surface area contributed by atoms with Crippen LogP contribution in [0.3, 0.4) is 0 Å². The SMILES string of the molecule is I.NC(=NCC(CO)c1ccccc1)Nc1ccc(OC(F)(F)F)cc1. The Labute approximate surface area is 166 Å². The lowest BCUT2D eigenvalue weighted by atomic mass is 10.0. The van der Waals surface area contributed by atoms with E-state index in [0.717, 1.165) is 5.56 Å². The minimum atomic E-state index is -4.73. The molecule has 4 N–H and O–H groups in total. The minimum absolute atomic E-state index is 0. The molecule has 0 amide bonds. The van der Waals surface area contributed by atoms with Crippen molar-refractivity contribution in [2.75, 3.05) is 18.5 Å². The van der Waals surface area contributed by atoms with E-state index in [2.05, 4.69) is 15.0 Å². The van der Waals surface area contributed by atoms with E-state index >= 15 is 0 Å². The van der Waals surface area contributed by atoms with Crippen molar-refractivity contribution in [3.05, 3.63) is 60.2 Å². The molecule has 1 unspecified atom stereocenters. The second-order valence-corrected chi connectivity index (χ2v) is 5.21. The summed E-state index contributed by atoms with van der Waals surface area (Å²) < 4.78 is 40.1. The van der Waals surface area contributed by atoms with Crippen LogP contribution in [0.15, 0.2) is 59.6 Å². The van der Waals surface area contributed by atoms with E-state index in [1.165, 1.54) is 24.3 Å². The number of aliphatic imine (C=N–C) groups is 1. The molecule has 0 bridgehead atoms. The van der Waals surface area contributed by atoms with Crippen molar-refractivity contribution in [1.82, 2.24) is 0 Å². The van der Waals surface area contributed by atoms with Crippen LogP contribution in [0, 0.1) is 0 Å². The summed E-state index contributed by atoms with van der Waals surface area (Å²) >= 11 is 0. The van der Waals surface area contributed by atoms with Gasteiger partial charge < -0.3 is 20.9 Å². The lowest BCUT2D eigenvalue weighted by Crippen LogP contribution is -2.24. The van der Waals surface area contributed by atoms with Gasteiger partial charge in [-0.25, -0.2) is 0 Å². The van der Waals surface area contributed by atoms with Gasteiger partial charge in [0.1, 0.15) is 5.75 Å². The molecule has 0 fully saturated rings. The van der Waals surface area contributed by atoms with Gasteiger partial charge in [-0.2, -0.15) is 0 Å². The summed E-state index contributed by atoms with van der Waals surface area (Å²) in [7, 11) is 0. The van der Waals surface area contributed by atoms with Gasteiger partial charge in [0.15, 0.2) is 5.96 Å². The number of guanidine groups is 1. The maximum Gasteiger partial charge on any atom is 0.573 e. The van der Waals surface area contributed by atoms with Crippen molar-refractivity contribution in [1.29, 1.82) is 0 Å². The van der Waals surface area contributed by atoms with E-state index in [0.29, 0.717) is 5.69 Å². The molecule has 0 saturated carbocycles. The molecule has 142 valence electrons. The van der Waals surface area contributed by atoms with Crippen LogP contribution < -0.4 is 15.8 Å². The van der Waals surface area contributed by atoms with Crippen molar-refractivity contribution in [3.8, 4) is 5.75 Å². The van der Waals surface area contributed by atoms with Crippen LogP contribution in [0.25, 0.3) is 0 Å². The Morgan fingerprint density at radius 1 is 1.12 bits per heavy atom. The topological polar surface area (TPSA) is 79.9 Å². The molecule has 0 aliphatic heterocycles. The molecule has 1 atom stereocenters. The van der Waals surface area contributed by atoms with E-state index in [1.54, 1.807) is 0 Å². The third kappa shape index (κ3) is 7.48. The summed E-state index contributed by atoms with van der Waals surface area (Å²) in [6.07, 6.45) is -4.73. The number of ether oxygens (including phenoxy) is 1. The second-order valence-electron chi connectivity index (χ2n) is 5.21. The highest BCUT2D eigenvalue weighted by Gasteiger charge is 2.30. The molecule has 2 rings (SSSR count). The van der Waals surface area contributed by atoms with Gasteiger partial charge in [0.2, 0.25) is 0 Å². The summed E-state index contributed by atoms with van der Waals surface area (Å²) in [5.74, 6) is -0.416. The number of halogens is 4. The third-order valence-electron chi connectivity index (χ3n) is 3.33. The number of nitrogens with zero attached hydrogens (tertiary/aromatic N) is 1. The van der Waals surface area contributed by atoms with Gasteiger partial charge in [-0.1, -0.05) is 30.3 Å². The highest BCUT2D eigenvalue weighted by Crippen LogP contribution is 2.24. The number of nitrogens with one attached hydrogen (secondary N) is 1. The normalized spacial score (nSPS) is 12.8. The maximum absolute atomic E-state index is 12.1. The van der Waals surface area contributed by atoms with E-state index < -0.39 is 6.36 Å². The number of aliphatic hydroxyl groups excluding tert-OH is 1. The number of benzene rings is 2. The average Bonchev–Trinajstić information content (AvgIpc) is 2.57. The Morgan fingerprint density at radius 2 is 1.73 bits per heavy atom. The molecular formula is C17H19F3IN3O2. The molecule has 2 aromatic rings. The van der Waals surface area contributed by atoms with Gasteiger partial charge in [0.05, 0.1) is 13.2 Å². The van der Waals surface area contributed by atoms with E-state index in [9.17, 15) is 18.3 Å². The van der Waals surface area contributed by atoms with E-state index in [-0.39, 0.29) is 54.8 Å². The molecule has 5 nitrogen and oxygen atoms in total. The van der Waals surface area contributed by atoms with Crippen molar-refractivity contribution < 1.29 is 23.0 Å². The minimum Gasteiger partial charge on any atom is -0.406 e. The largest absolute Gasteiger partial charge is 0.573 e. The first kappa shape index (κ1) is 22.0. The van der Waals surface area contributed by atoms with Gasteiger partial charge in [0.25, 0.3) is 0 Å². The molecular weight excluding hydrogens is 462 g/mol. The van der Waals surface area contributed by atoms with Crippen LogP contribution in [0.1, 0.15) is 11.5 Å². The summed E-state index contributed by atoms with van der Waals surface area (Å²) in [6, 6.07) is 14.5. The van der Waals surface area contributed by atoms with Crippen LogP contribution >= 0.6 is 24.0 Å². The van der Waals surface area contributed by atoms with Crippen molar-refractivity contribution >= 4 is 35.6 Å². The highest BCUT2D eigenvalue weighted by atomic mass is 127. The van der Waals surface area contributed by atoms with Crippen molar-refractivity contribution in [3.63, 3.8) is 0 Å². The first-order chi connectivity index (χ1) is 11.9. The van der Waals surface area contributed by atoms with Crippen LogP contribution in [-0.2, 0) is 0 Å². The van der Waals surface area contributed by atoms with Gasteiger partial charge in [-0.15, -0.1) is 37.1 Å². The Morgan fingerprint density at radius 3 is 2.27 bits per heavy atom. The number of hydrogen-bond donors (Lipinski definition) is 3. The number of rotatable bonds is 6. The Kier molecular flexibility index (Phi) is 8.66. The Bertz CT molecular complexity index is 695. The Balaban J connectivity index is 0.00000338.